The smallest absolute Gasteiger partial charge is 0.0964 e. The number of aliphatic hydroxyl groups excluding tert-OH is 1. The Morgan fingerprint density at radius 2 is 1.87 bits per heavy atom. The van der Waals surface area contributed by atoms with Gasteiger partial charge in [-0.05, 0) is 48.1 Å². The third kappa shape index (κ3) is 3.01. The van der Waals surface area contributed by atoms with Crippen LogP contribution in [-0.2, 0) is 11.3 Å². The number of aliphatic hydroxyl groups is 1. The van der Waals surface area contributed by atoms with Crippen LogP contribution in [0.5, 0.6) is 0 Å². The molecule has 2 heterocycles. The SMILES string of the molecule is O[C@H]1CCCOC12CCN(Cc1ccc3ccccc3c1)CC2. The minimum atomic E-state index is -0.279. The Morgan fingerprint density at radius 3 is 2.65 bits per heavy atom. The van der Waals surface area contributed by atoms with Crippen LogP contribution < -0.4 is 0 Å². The lowest BCUT2D eigenvalue weighted by atomic mass is 9.82. The van der Waals surface area contributed by atoms with Gasteiger partial charge in [-0.3, -0.25) is 4.90 Å². The molecule has 0 unspecified atom stereocenters. The molecule has 2 aliphatic heterocycles. The Hall–Kier alpha value is -1.42. The molecule has 1 spiro atoms. The number of piperidine rings is 1. The zero-order valence-corrected chi connectivity index (χ0v) is 13.6. The number of likely N-dealkylation sites (tertiary alicyclic amines) is 1. The lowest BCUT2D eigenvalue weighted by molar-refractivity contribution is -0.177. The van der Waals surface area contributed by atoms with E-state index in [1.54, 1.807) is 0 Å². The summed E-state index contributed by atoms with van der Waals surface area (Å²) < 4.78 is 6.00. The maximum Gasteiger partial charge on any atom is 0.0964 e. The lowest BCUT2D eigenvalue weighted by Crippen LogP contribution is -2.55. The van der Waals surface area contributed by atoms with Crippen LogP contribution in [0.15, 0.2) is 42.5 Å². The minimum Gasteiger partial charge on any atom is -0.390 e. The molecule has 2 fully saturated rings. The summed E-state index contributed by atoms with van der Waals surface area (Å²) in [6.45, 7) is 3.80. The van der Waals surface area contributed by atoms with Gasteiger partial charge in [-0.2, -0.15) is 0 Å². The average molecular weight is 311 g/mol. The molecular weight excluding hydrogens is 286 g/mol. The summed E-state index contributed by atoms with van der Waals surface area (Å²) >= 11 is 0. The fraction of sp³-hybridized carbons (Fsp3) is 0.500. The van der Waals surface area contributed by atoms with Crippen molar-refractivity contribution in [3.63, 3.8) is 0 Å². The van der Waals surface area contributed by atoms with Crippen LogP contribution in [0, 0.1) is 0 Å². The van der Waals surface area contributed by atoms with Crippen LogP contribution in [0.1, 0.15) is 31.2 Å². The van der Waals surface area contributed by atoms with E-state index in [0.717, 1.165) is 51.9 Å². The van der Waals surface area contributed by atoms with Crippen molar-refractivity contribution in [3.05, 3.63) is 48.0 Å². The number of rotatable bonds is 2. The van der Waals surface area contributed by atoms with Crippen LogP contribution >= 0.6 is 0 Å². The largest absolute Gasteiger partial charge is 0.390 e. The zero-order chi connectivity index (χ0) is 15.7. The molecule has 3 nitrogen and oxygen atoms in total. The Kier molecular flexibility index (Phi) is 4.10. The number of nitrogens with zero attached hydrogens (tertiary/aromatic N) is 1. The minimum absolute atomic E-state index is 0.266. The summed E-state index contributed by atoms with van der Waals surface area (Å²) in [5.74, 6) is 0. The molecule has 23 heavy (non-hydrogen) atoms. The number of ether oxygens (including phenoxy) is 1. The summed E-state index contributed by atoms with van der Waals surface area (Å²) in [5.41, 5.74) is 1.10. The normalized spacial score (nSPS) is 25.0. The van der Waals surface area contributed by atoms with Gasteiger partial charge in [-0.15, -0.1) is 0 Å². The zero-order valence-electron chi connectivity index (χ0n) is 13.6. The van der Waals surface area contributed by atoms with Crippen molar-refractivity contribution < 1.29 is 9.84 Å². The van der Waals surface area contributed by atoms with Crippen molar-refractivity contribution in [1.82, 2.24) is 4.90 Å². The molecular formula is C20H25NO2. The van der Waals surface area contributed by atoms with Gasteiger partial charge < -0.3 is 9.84 Å². The fourth-order valence-electron chi connectivity index (χ4n) is 4.07. The van der Waals surface area contributed by atoms with Crippen molar-refractivity contribution >= 4 is 10.8 Å². The molecule has 122 valence electrons. The van der Waals surface area contributed by atoms with Gasteiger partial charge >= 0.3 is 0 Å². The van der Waals surface area contributed by atoms with Gasteiger partial charge in [0.15, 0.2) is 0 Å². The Bertz CT molecular complexity index is 676. The van der Waals surface area contributed by atoms with Gasteiger partial charge in [0, 0.05) is 26.2 Å². The molecule has 0 bridgehead atoms. The maximum absolute atomic E-state index is 10.3. The van der Waals surface area contributed by atoms with Gasteiger partial charge in [0.1, 0.15) is 0 Å². The second kappa shape index (κ2) is 6.23. The van der Waals surface area contributed by atoms with E-state index in [-0.39, 0.29) is 11.7 Å². The summed E-state index contributed by atoms with van der Waals surface area (Å²) in [7, 11) is 0. The Balaban J connectivity index is 1.42. The van der Waals surface area contributed by atoms with Crippen LogP contribution in [0.3, 0.4) is 0 Å². The number of benzene rings is 2. The highest BCUT2D eigenvalue weighted by molar-refractivity contribution is 5.82. The van der Waals surface area contributed by atoms with E-state index in [2.05, 4.69) is 47.4 Å². The standard InChI is InChI=1S/C20H25NO2/c22-19-6-3-13-23-20(19)9-11-21(12-10-20)15-16-7-8-17-4-1-2-5-18(17)14-16/h1-2,4-5,7-8,14,19,22H,3,6,9-13,15H2/t19-/m0/s1. The molecule has 2 saturated heterocycles. The lowest BCUT2D eigenvalue weighted by Gasteiger charge is -2.46. The molecule has 2 aliphatic rings. The van der Waals surface area contributed by atoms with Crippen molar-refractivity contribution in [2.75, 3.05) is 19.7 Å². The van der Waals surface area contributed by atoms with Crippen molar-refractivity contribution in [2.24, 2.45) is 0 Å². The van der Waals surface area contributed by atoms with E-state index in [4.69, 9.17) is 4.74 Å². The molecule has 0 aromatic heterocycles. The average Bonchev–Trinajstić information content (AvgIpc) is 2.60. The predicted molar refractivity (Wildman–Crippen MR) is 92.4 cm³/mol. The van der Waals surface area contributed by atoms with Gasteiger partial charge in [-0.25, -0.2) is 0 Å². The molecule has 4 rings (SSSR count). The van der Waals surface area contributed by atoms with Crippen molar-refractivity contribution in [2.45, 2.75) is 43.9 Å². The van der Waals surface area contributed by atoms with E-state index >= 15 is 0 Å². The first-order valence-corrected chi connectivity index (χ1v) is 8.77. The highest BCUT2D eigenvalue weighted by atomic mass is 16.5. The topological polar surface area (TPSA) is 32.7 Å². The van der Waals surface area contributed by atoms with E-state index in [0.29, 0.717) is 0 Å². The summed E-state index contributed by atoms with van der Waals surface area (Å²) in [5, 5.41) is 12.9. The third-order valence-corrected chi connectivity index (χ3v) is 5.54. The predicted octanol–water partition coefficient (Wildman–Crippen LogP) is 3.35. The number of fused-ring (bicyclic) bond motifs is 1. The molecule has 3 heteroatoms. The number of hydrogen-bond acceptors (Lipinski definition) is 3. The molecule has 1 atom stereocenters. The fourth-order valence-corrected chi connectivity index (χ4v) is 4.07. The highest BCUT2D eigenvalue weighted by Crippen LogP contribution is 2.35. The van der Waals surface area contributed by atoms with Crippen molar-refractivity contribution in [3.8, 4) is 0 Å². The van der Waals surface area contributed by atoms with Gasteiger partial charge in [0.25, 0.3) is 0 Å². The highest BCUT2D eigenvalue weighted by Gasteiger charge is 2.43. The van der Waals surface area contributed by atoms with Crippen LogP contribution in [0.2, 0.25) is 0 Å². The van der Waals surface area contributed by atoms with Crippen LogP contribution in [0.4, 0.5) is 0 Å². The second-order valence-corrected chi connectivity index (χ2v) is 7.03. The first-order valence-electron chi connectivity index (χ1n) is 8.77. The quantitative estimate of drug-likeness (QED) is 0.923. The molecule has 0 aliphatic carbocycles. The third-order valence-electron chi connectivity index (χ3n) is 5.54. The Morgan fingerprint density at radius 1 is 1.09 bits per heavy atom. The summed E-state index contributed by atoms with van der Waals surface area (Å²) in [6, 6.07) is 15.3. The van der Waals surface area contributed by atoms with E-state index in [9.17, 15) is 5.11 Å². The van der Waals surface area contributed by atoms with Gasteiger partial charge in [0.05, 0.1) is 11.7 Å². The Labute approximate surface area is 137 Å². The van der Waals surface area contributed by atoms with E-state index in [1.807, 2.05) is 0 Å². The van der Waals surface area contributed by atoms with Crippen molar-refractivity contribution in [1.29, 1.82) is 0 Å². The number of hydrogen-bond donors (Lipinski definition) is 1. The molecule has 0 radical (unpaired) electrons. The second-order valence-electron chi connectivity index (χ2n) is 7.03. The monoisotopic (exact) mass is 311 g/mol. The molecule has 2 aromatic rings. The molecule has 2 aromatic carbocycles. The summed E-state index contributed by atoms with van der Waals surface area (Å²) in [6.07, 6.45) is 3.50. The van der Waals surface area contributed by atoms with Crippen LogP contribution in [-0.4, -0.2) is 41.4 Å². The van der Waals surface area contributed by atoms with Gasteiger partial charge in [0.2, 0.25) is 0 Å². The summed E-state index contributed by atoms with van der Waals surface area (Å²) in [4.78, 5) is 2.49. The van der Waals surface area contributed by atoms with E-state index in [1.165, 1.54) is 16.3 Å². The van der Waals surface area contributed by atoms with Gasteiger partial charge in [-0.1, -0.05) is 36.4 Å². The maximum atomic E-state index is 10.3. The molecule has 0 saturated carbocycles. The van der Waals surface area contributed by atoms with Crippen LogP contribution in [0.25, 0.3) is 10.8 Å². The van der Waals surface area contributed by atoms with E-state index < -0.39 is 0 Å². The first-order chi connectivity index (χ1) is 11.3. The first kappa shape index (κ1) is 15.1. The molecule has 0 amide bonds. The molecule has 1 N–H and O–H groups in total.